The number of amides is 1. The fraction of sp³-hybridized carbons (Fsp3) is 0.133. The third kappa shape index (κ3) is 2.51. The Hall–Kier alpha value is -2.29. The fourth-order valence-corrected chi connectivity index (χ4v) is 1.80. The molecule has 2 aromatic rings. The van der Waals surface area contributed by atoms with Crippen molar-refractivity contribution in [3.63, 3.8) is 0 Å². The predicted octanol–water partition coefficient (Wildman–Crippen LogP) is 2.85. The van der Waals surface area contributed by atoms with E-state index >= 15 is 0 Å². The first-order valence-corrected chi connectivity index (χ1v) is 5.84. The molecule has 0 spiro atoms. The molecule has 0 unspecified atom stereocenters. The van der Waals surface area contributed by atoms with Gasteiger partial charge in [0.2, 0.25) is 5.91 Å². The van der Waals surface area contributed by atoms with Gasteiger partial charge in [0.05, 0.1) is 6.61 Å². The molecule has 0 heterocycles. The molecule has 0 bridgehead atoms. The fourth-order valence-electron chi connectivity index (χ4n) is 1.80. The molecule has 0 aliphatic rings. The predicted molar refractivity (Wildman–Crippen MR) is 71.6 cm³/mol. The molecule has 3 nitrogen and oxygen atoms in total. The number of para-hydroxylation sites is 1. The minimum Gasteiger partial charge on any atom is -0.493 e. The second kappa shape index (κ2) is 5.36. The largest absolute Gasteiger partial charge is 0.493 e. The molecular weight excluding hydrogens is 226 g/mol. The van der Waals surface area contributed by atoms with E-state index in [-0.39, 0.29) is 0 Å². The smallest absolute Gasteiger partial charge is 0.248 e. The summed E-state index contributed by atoms with van der Waals surface area (Å²) >= 11 is 0. The maximum absolute atomic E-state index is 11.0. The molecule has 0 saturated heterocycles. The summed E-state index contributed by atoms with van der Waals surface area (Å²) in [5.74, 6) is 0.423. The van der Waals surface area contributed by atoms with Crippen LogP contribution in [-0.4, -0.2) is 12.5 Å². The highest BCUT2D eigenvalue weighted by Crippen LogP contribution is 2.29. The summed E-state index contributed by atoms with van der Waals surface area (Å²) in [6, 6.07) is 15.0. The highest BCUT2D eigenvalue weighted by Gasteiger charge is 2.06. The molecule has 0 aromatic heterocycles. The number of nitrogens with two attached hydrogens (primary N) is 1. The summed E-state index contributed by atoms with van der Waals surface area (Å²) in [6.07, 6.45) is 0. The van der Waals surface area contributed by atoms with Crippen LogP contribution in [0.2, 0.25) is 0 Å². The molecule has 2 aromatic carbocycles. The number of rotatable bonds is 4. The van der Waals surface area contributed by atoms with Crippen LogP contribution >= 0.6 is 0 Å². The van der Waals surface area contributed by atoms with Crippen molar-refractivity contribution in [1.29, 1.82) is 0 Å². The van der Waals surface area contributed by atoms with Crippen molar-refractivity contribution in [2.75, 3.05) is 6.61 Å². The SMILES string of the molecule is CCOc1ccccc1-c1ccc(C(N)=O)cc1. The zero-order valence-electron chi connectivity index (χ0n) is 10.2. The molecule has 18 heavy (non-hydrogen) atoms. The lowest BCUT2D eigenvalue weighted by molar-refractivity contribution is 0.100. The summed E-state index contributed by atoms with van der Waals surface area (Å²) in [4.78, 5) is 11.0. The van der Waals surface area contributed by atoms with Crippen LogP contribution in [-0.2, 0) is 0 Å². The van der Waals surface area contributed by atoms with Gasteiger partial charge in [-0.05, 0) is 30.7 Å². The molecule has 2 N–H and O–H groups in total. The second-order valence-corrected chi connectivity index (χ2v) is 3.87. The van der Waals surface area contributed by atoms with Crippen molar-refractivity contribution in [2.24, 2.45) is 5.73 Å². The molecule has 3 heteroatoms. The van der Waals surface area contributed by atoms with Gasteiger partial charge in [0, 0.05) is 11.1 Å². The Bertz CT molecular complexity index is 547. The van der Waals surface area contributed by atoms with E-state index in [4.69, 9.17) is 10.5 Å². The monoisotopic (exact) mass is 241 g/mol. The Kier molecular flexibility index (Phi) is 3.63. The van der Waals surface area contributed by atoms with Crippen LogP contribution < -0.4 is 10.5 Å². The molecule has 1 amide bonds. The van der Waals surface area contributed by atoms with E-state index in [0.717, 1.165) is 16.9 Å². The number of ether oxygens (including phenoxy) is 1. The maximum Gasteiger partial charge on any atom is 0.248 e. The number of carbonyl (C=O) groups is 1. The minimum absolute atomic E-state index is 0.417. The first-order valence-electron chi connectivity index (χ1n) is 5.84. The number of primary amides is 1. The van der Waals surface area contributed by atoms with E-state index in [1.807, 2.05) is 43.3 Å². The van der Waals surface area contributed by atoms with Crippen LogP contribution in [0.15, 0.2) is 48.5 Å². The summed E-state index contributed by atoms with van der Waals surface area (Å²) < 4.78 is 5.58. The van der Waals surface area contributed by atoms with Crippen LogP contribution in [0, 0.1) is 0 Å². The zero-order valence-corrected chi connectivity index (χ0v) is 10.2. The molecule has 92 valence electrons. The van der Waals surface area contributed by atoms with E-state index in [0.29, 0.717) is 12.2 Å². The van der Waals surface area contributed by atoms with Crippen LogP contribution in [0.4, 0.5) is 0 Å². The Morgan fingerprint density at radius 2 is 1.78 bits per heavy atom. The third-order valence-corrected chi connectivity index (χ3v) is 2.67. The quantitative estimate of drug-likeness (QED) is 0.894. The van der Waals surface area contributed by atoms with Gasteiger partial charge in [-0.15, -0.1) is 0 Å². The third-order valence-electron chi connectivity index (χ3n) is 2.67. The highest BCUT2D eigenvalue weighted by molar-refractivity contribution is 5.93. The number of hydrogen-bond donors (Lipinski definition) is 1. The Morgan fingerprint density at radius 3 is 2.39 bits per heavy atom. The summed E-state index contributed by atoms with van der Waals surface area (Å²) in [5, 5.41) is 0. The summed E-state index contributed by atoms with van der Waals surface area (Å²) in [5.41, 5.74) is 7.74. The van der Waals surface area contributed by atoms with E-state index in [1.165, 1.54) is 0 Å². The van der Waals surface area contributed by atoms with E-state index in [1.54, 1.807) is 12.1 Å². The van der Waals surface area contributed by atoms with Gasteiger partial charge < -0.3 is 10.5 Å². The van der Waals surface area contributed by atoms with Crippen LogP contribution in [0.5, 0.6) is 5.75 Å². The Morgan fingerprint density at radius 1 is 1.11 bits per heavy atom. The standard InChI is InChI=1S/C15H15NO2/c1-2-18-14-6-4-3-5-13(14)11-7-9-12(10-8-11)15(16)17/h3-10H,2H2,1H3,(H2,16,17). The zero-order chi connectivity index (χ0) is 13.0. The lowest BCUT2D eigenvalue weighted by atomic mass is 10.0. The molecular formula is C15H15NO2. The van der Waals surface area contributed by atoms with E-state index in [2.05, 4.69) is 0 Å². The maximum atomic E-state index is 11.0. The number of hydrogen-bond acceptors (Lipinski definition) is 2. The number of carbonyl (C=O) groups excluding carboxylic acids is 1. The van der Waals surface area contributed by atoms with Gasteiger partial charge in [0.15, 0.2) is 0 Å². The average molecular weight is 241 g/mol. The summed E-state index contributed by atoms with van der Waals surface area (Å²) in [6.45, 7) is 2.57. The number of benzene rings is 2. The molecule has 2 rings (SSSR count). The lowest BCUT2D eigenvalue weighted by Gasteiger charge is -2.10. The van der Waals surface area contributed by atoms with E-state index in [9.17, 15) is 4.79 Å². The van der Waals surface area contributed by atoms with Crippen LogP contribution in [0.3, 0.4) is 0 Å². The van der Waals surface area contributed by atoms with Crippen molar-refractivity contribution in [3.05, 3.63) is 54.1 Å². The molecule has 0 saturated carbocycles. The van der Waals surface area contributed by atoms with Gasteiger partial charge in [0.1, 0.15) is 5.75 Å². The van der Waals surface area contributed by atoms with Crippen molar-refractivity contribution in [3.8, 4) is 16.9 Å². The first-order chi connectivity index (χ1) is 8.72. The Balaban J connectivity index is 2.39. The van der Waals surface area contributed by atoms with Gasteiger partial charge in [0.25, 0.3) is 0 Å². The van der Waals surface area contributed by atoms with Gasteiger partial charge in [-0.1, -0.05) is 30.3 Å². The molecule has 0 fully saturated rings. The summed E-state index contributed by atoms with van der Waals surface area (Å²) in [7, 11) is 0. The van der Waals surface area contributed by atoms with Crippen molar-refractivity contribution >= 4 is 5.91 Å². The molecule has 0 radical (unpaired) electrons. The molecule has 0 aliphatic heterocycles. The first kappa shape index (κ1) is 12.2. The minimum atomic E-state index is -0.417. The molecule has 0 atom stereocenters. The highest BCUT2D eigenvalue weighted by atomic mass is 16.5. The second-order valence-electron chi connectivity index (χ2n) is 3.87. The van der Waals surface area contributed by atoms with E-state index < -0.39 is 5.91 Å². The van der Waals surface area contributed by atoms with Crippen LogP contribution in [0.25, 0.3) is 11.1 Å². The lowest BCUT2D eigenvalue weighted by Crippen LogP contribution is -2.10. The van der Waals surface area contributed by atoms with Crippen molar-refractivity contribution in [1.82, 2.24) is 0 Å². The van der Waals surface area contributed by atoms with Gasteiger partial charge in [-0.25, -0.2) is 0 Å². The average Bonchev–Trinajstić information content (AvgIpc) is 2.40. The van der Waals surface area contributed by atoms with Gasteiger partial charge in [-0.2, -0.15) is 0 Å². The van der Waals surface area contributed by atoms with Gasteiger partial charge >= 0.3 is 0 Å². The topological polar surface area (TPSA) is 52.3 Å². The Labute approximate surface area is 106 Å². The van der Waals surface area contributed by atoms with Crippen LogP contribution in [0.1, 0.15) is 17.3 Å². The van der Waals surface area contributed by atoms with Crippen molar-refractivity contribution in [2.45, 2.75) is 6.92 Å². The normalized spacial score (nSPS) is 10.1. The van der Waals surface area contributed by atoms with Crippen molar-refractivity contribution < 1.29 is 9.53 Å². The van der Waals surface area contributed by atoms with Gasteiger partial charge in [-0.3, -0.25) is 4.79 Å². The molecule has 0 aliphatic carbocycles.